The summed E-state index contributed by atoms with van der Waals surface area (Å²) in [7, 11) is 0. The number of hydrogen-bond acceptors (Lipinski definition) is 0. The van der Waals surface area contributed by atoms with Crippen LogP contribution in [0.2, 0.25) is 0 Å². The van der Waals surface area contributed by atoms with Gasteiger partial charge in [0, 0.05) is 32.9 Å². The Morgan fingerprint density at radius 3 is 1.22 bits per heavy atom. The SMILES string of the molecule is c1ccc(-c2ccc(-c3ccc(-n4c5ccccc5c5cc(-c6ccc7c(c6)c6ccccc6n7-c6ccc7ccccc7c6)ccc54)cc3)cc2)cc1. The zero-order valence-corrected chi connectivity index (χ0v) is 29.5. The van der Waals surface area contributed by atoms with Gasteiger partial charge in [-0.05, 0) is 105 Å². The van der Waals surface area contributed by atoms with Crippen molar-refractivity contribution in [2.45, 2.75) is 0 Å². The third-order valence-electron chi connectivity index (χ3n) is 11.1. The number of para-hydroxylation sites is 2. The van der Waals surface area contributed by atoms with Gasteiger partial charge in [0.1, 0.15) is 0 Å². The molecule has 54 heavy (non-hydrogen) atoms. The molecule has 0 N–H and O–H groups in total. The average molecular weight is 687 g/mol. The summed E-state index contributed by atoms with van der Waals surface area (Å²) in [6, 6.07) is 75.2. The Morgan fingerprint density at radius 2 is 0.630 bits per heavy atom. The van der Waals surface area contributed by atoms with Crippen molar-refractivity contribution < 1.29 is 0 Å². The first-order chi connectivity index (χ1) is 26.8. The predicted octanol–water partition coefficient (Wildman–Crippen LogP) is 14.0. The minimum Gasteiger partial charge on any atom is -0.309 e. The van der Waals surface area contributed by atoms with E-state index in [9.17, 15) is 0 Å². The monoisotopic (exact) mass is 686 g/mol. The van der Waals surface area contributed by atoms with Crippen LogP contribution in [0.5, 0.6) is 0 Å². The van der Waals surface area contributed by atoms with Crippen molar-refractivity contribution in [3.05, 3.63) is 206 Å². The molecule has 2 nitrogen and oxygen atoms in total. The highest BCUT2D eigenvalue weighted by molar-refractivity contribution is 6.13. The van der Waals surface area contributed by atoms with E-state index < -0.39 is 0 Å². The van der Waals surface area contributed by atoms with Crippen LogP contribution < -0.4 is 0 Å². The zero-order valence-electron chi connectivity index (χ0n) is 29.5. The van der Waals surface area contributed by atoms with E-state index in [0.29, 0.717) is 0 Å². The molecular formula is C52H34N2. The second-order valence-electron chi connectivity index (χ2n) is 14.2. The molecule has 0 aliphatic rings. The van der Waals surface area contributed by atoms with Crippen LogP contribution in [0.15, 0.2) is 206 Å². The third-order valence-corrected chi connectivity index (χ3v) is 11.1. The molecule has 0 saturated carbocycles. The van der Waals surface area contributed by atoms with Crippen LogP contribution in [0.25, 0.3) is 99.1 Å². The number of nitrogens with zero attached hydrogens (tertiary/aromatic N) is 2. The van der Waals surface area contributed by atoms with Crippen molar-refractivity contribution in [1.29, 1.82) is 0 Å². The molecule has 0 atom stereocenters. The van der Waals surface area contributed by atoms with E-state index in [0.717, 1.165) is 5.69 Å². The van der Waals surface area contributed by atoms with Gasteiger partial charge in [-0.15, -0.1) is 0 Å². The van der Waals surface area contributed by atoms with E-state index in [1.54, 1.807) is 0 Å². The molecule has 0 bridgehead atoms. The molecule has 0 radical (unpaired) electrons. The van der Waals surface area contributed by atoms with Crippen molar-refractivity contribution in [1.82, 2.24) is 9.13 Å². The first kappa shape index (κ1) is 30.5. The largest absolute Gasteiger partial charge is 0.309 e. The lowest BCUT2D eigenvalue weighted by molar-refractivity contribution is 1.18. The maximum atomic E-state index is 2.41. The Balaban J connectivity index is 0.989. The Hall–Kier alpha value is -7.16. The maximum Gasteiger partial charge on any atom is 0.0541 e. The summed E-state index contributed by atoms with van der Waals surface area (Å²) >= 11 is 0. The highest BCUT2D eigenvalue weighted by Crippen LogP contribution is 2.39. The Kier molecular flexibility index (Phi) is 6.90. The fourth-order valence-electron chi connectivity index (χ4n) is 8.47. The van der Waals surface area contributed by atoms with E-state index >= 15 is 0 Å². The minimum atomic E-state index is 1.15. The van der Waals surface area contributed by atoms with Crippen LogP contribution in [0, 0.1) is 0 Å². The Morgan fingerprint density at radius 1 is 0.222 bits per heavy atom. The van der Waals surface area contributed by atoms with Crippen LogP contribution in [0.3, 0.4) is 0 Å². The highest BCUT2D eigenvalue weighted by atomic mass is 15.0. The molecule has 0 saturated heterocycles. The molecule has 2 heterocycles. The van der Waals surface area contributed by atoms with Crippen LogP contribution in [0.1, 0.15) is 0 Å². The Bertz CT molecular complexity index is 3180. The summed E-state index contributed by atoms with van der Waals surface area (Å²) < 4.78 is 4.81. The fourth-order valence-corrected chi connectivity index (χ4v) is 8.47. The van der Waals surface area contributed by atoms with Gasteiger partial charge in [0.05, 0.1) is 22.1 Å². The molecule has 0 amide bonds. The quantitative estimate of drug-likeness (QED) is 0.171. The van der Waals surface area contributed by atoms with Crippen molar-refractivity contribution in [3.8, 4) is 44.8 Å². The molecule has 0 spiro atoms. The molecule has 0 unspecified atom stereocenters. The van der Waals surface area contributed by atoms with Gasteiger partial charge in [0.15, 0.2) is 0 Å². The highest BCUT2D eigenvalue weighted by Gasteiger charge is 2.16. The molecule has 11 aromatic rings. The fraction of sp³-hybridized carbons (Fsp3) is 0. The van der Waals surface area contributed by atoms with E-state index in [1.165, 1.54) is 93.5 Å². The number of benzene rings is 9. The molecular weight excluding hydrogens is 653 g/mol. The van der Waals surface area contributed by atoms with E-state index in [-0.39, 0.29) is 0 Å². The number of rotatable bonds is 5. The van der Waals surface area contributed by atoms with Crippen LogP contribution in [-0.4, -0.2) is 9.13 Å². The number of aromatic nitrogens is 2. The molecule has 11 rings (SSSR count). The molecule has 252 valence electrons. The summed E-state index contributed by atoms with van der Waals surface area (Å²) in [4.78, 5) is 0. The smallest absolute Gasteiger partial charge is 0.0541 e. The van der Waals surface area contributed by atoms with Crippen molar-refractivity contribution in [2.24, 2.45) is 0 Å². The van der Waals surface area contributed by atoms with Gasteiger partial charge in [-0.2, -0.15) is 0 Å². The van der Waals surface area contributed by atoms with Crippen LogP contribution >= 0.6 is 0 Å². The first-order valence-electron chi connectivity index (χ1n) is 18.6. The second-order valence-corrected chi connectivity index (χ2v) is 14.2. The van der Waals surface area contributed by atoms with Crippen LogP contribution in [0.4, 0.5) is 0 Å². The van der Waals surface area contributed by atoms with E-state index in [2.05, 4.69) is 215 Å². The van der Waals surface area contributed by atoms with Gasteiger partial charge >= 0.3 is 0 Å². The van der Waals surface area contributed by atoms with E-state index in [1.807, 2.05) is 0 Å². The lowest BCUT2D eigenvalue weighted by atomic mass is 10.00. The summed E-state index contributed by atoms with van der Waals surface area (Å²) in [6.07, 6.45) is 0. The molecule has 0 fully saturated rings. The number of hydrogen-bond donors (Lipinski definition) is 0. The predicted molar refractivity (Wildman–Crippen MR) is 229 cm³/mol. The zero-order chi connectivity index (χ0) is 35.6. The topological polar surface area (TPSA) is 9.86 Å². The average Bonchev–Trinajstić information content (AvgIpc) is 3.76. The standard InChI is InChI=1S/C52H34N2/c1-2-10-35(11-3-1)37-18-20-38(21-19-37)39-22-27-43(28-23-39)53-49-16-8-6-14-45(49)47-33-41(25-30-51(47)53)42-26-31-52-48(34-42)46-15-7-9-17-50(46)54(52)44-29-24-36-12-4-5-13-40(36)32-44/h1-34H. The minimum absolute atomic E-state index is 1.15. The van der Waals surface area contributed by atoms with Gasteiger partial charge in [-0.1, -0.05) is 146 Å². The lowest BCUT2D eigenvalue weighted by Gasteiger charge is -2.11. The second kappa shape index (κ2) is 12.2. The summed E-state index contributed by atoms with van der Waals surface area (Å²) in [5.41, 5.74) is 14.5. The first-order valence-corrected chi connectivity index (χ1v) is 18.6. The van der Waals surface area contributed by atoms with Crippen molar-refractivity contribution in [3.63, 3.8) is 0 Å². The summed E-state index contributed by atoms with van der Waals surface area (Å²) in [5.74, 6) is 0. The molecule has 2 heteroatoms. The van der Waals surface area contributed by atoms with Crippen LogP contribution in [-0.2, 0) is 0 Å². The lowest BCUT2D eigenvalue weighted by Crippen LogP contribution is -1.94. The molecule has 9 aromatic carbocycles. The van der Waals surface area contributed by atoms with Crippen molar-refractivity contribution in [2.75, 3.05) is 0 Å². The maximum absolute atomic E-state index is 2.41. The molecule has 2 aromatic heterocycles. The third kappa shape index (κ3) is 4.88. The summed E-state index contributed by atoms with van der Waals surface area (Å²) in [6.45, 7) is 0. The normalized spacial score (nSPS) is 11.7. The van der Waals surface area contributed by atoms with E-state index in [4.69, 9.17) is 0 Å². The molecule has 0 aliphatic heterocycles. The number of fused-ring (bicyclic) bond motifs is 7. The van der Waals surface area contributed by atoms with Gasteiger partial charge in [-0.25, -0.2) is 0 Å². The molecule has 0 aliphatic carbocycles. The van der Waals surface area contributed by atoms with Gasteiger partial charge in [-0.3, -0.25) is 0 Å². The van der Waals surface area contributed by atoms with Crippen molar-refractivity contribution >= 4 is 54.4 Å². The van der Waals surface area contributed by atoms with Gasteiger partial charge in [0.2, 0.25) is 0 Å². The Labute approximate surface area is 313 Å². The van der Waals surface area contributed by atoms with Gasteiger partial charge < -0.3 is 9.13 Å². The van der Waals surface area contributed by atoms with Gasteiger partial charge in [0.25, 0.3) is 0 Å². The summed E-state index contributed by atoms with van der Waals surface area (Å²) in [5, 5.41) is 7.52.